The van der Waals surface area contributed by atoms with E-state index in [0.717, 1.165) is 21.7 Å². The SMILES string of the molecule is Cc1ccc(C)c(N(C(C)C(=O)NCCOc2ccc(F)cc2)S(C)(=O)=O)c1. The third-order valence-electron chi connectivity index (χ3n) is 4.17. The lowest BCUT2D eigenvalue weighted by atomic mass is 10.1. The lowest BCUT2D eigenvalue weighted by molar-refractivity contribution is -0.121. The number of carbonyl (C=O) groups is 1. The van der Waals surface area contributed by atoms with Crippen LogP contribution >= 0.6 is 0 Å². The van der Waals surface area contributed by atoms with E-state index in [1.54, 1.807) is 19.9 Å². The van der Waals surface area contributed by atoms with Gasteiger partial charge >= 0.3 is 0 Å². The molecular formula is C20H25FN2O4S. The van der Waals surface area contributed by atoms with Crippen LogP contribution in [0.1, 0.15) is 18.1 Å². The molecule has 2 aromatic rings. The van der Waals surface area contributed by atoms with E-state index in [1.165, 1.54) is 24.3 Å². The van der Waals surface area contributed by atoms with Gasteiger partial charge in [0.05, 0.1) is 18.5 Å². The maximum atomic E-state index is 12.9. The molecule has 0 saturated carbocycles. The number of carbonyl (C=O) groups excluding carboxylic acids is 1. The Bertz CT molecular complexity index is 930. The van der Waals surface area contributed by atoms with E-state index in [0.29, 0.717) is 11.4 Å². The number of halogens is 1. The van der Waals surface area contributed by atoms with Crippen LogP contribution in [0.2, 0.25) is 0 Å². The number of benzene rings is 2. The van der Waals surface area contributed by atoms with Crippen molar-refractivity contribution in [1.82, 2.24) is 5.32 Å². The van der Waals surface area contributed by atoms with Crippen molar-refractivity contribution in [1.29, 1.82) is 0 Å². The van der Waals surface area contributed by atoms with E-state index in [1.807, 2.05) is 19.1 Å². The largest absolute Gasteiger partial charge is 0.492 e. The minimum absolute atomic E-state index is 0.173. The van der Waals surface area contributed by atoms with Crippen molar-refractivity contribution in [3.8, 4) is 5.75 Å². The summed E-state index contributed by atoms with van der Waals surface area (Å²) in [6.07, 6.45) is 1.08. The number of aryl methyl sites for hydroxylation is 2. The van der Waals surface area contributed by atoms with E-state index in [9.17, 15) is 17.6 Å². The summed E-state index contributed by atoms with van der Waals surface area (Å²) in [6, 6.07) is 10.1. The van der Waals surface area contributed by atoms with Crippen molar-refractivity contribution < 1.29 is 22.3 Å². The second-order valence-electron chi connectivity index (χ2n) is 6.62. The zero-order chi connectivity index (χ0) is 20.9. The molecule has 0 spiro atoms. The molecule has 6 nitrogen and oxygen atoms in total. The van der Waals surface area contributed by atoms with Gasteiger partial charge in [-0.1, -0.05) is 12.1 Å². The molecule has 2 aromatic carbocycles. The van der Waals surface area contributed by atoms with E-state index in [2.05, 4.69) is 5.32 Å². The van der Waals surface area contributed by atoms with Crippen molar-refractivity contribution in [3.63, 3.8) is 0 Å². The van der Waals surface area contributed by atoms with Crippen LogP contribution in [-0.4, -0.2) is 39.8 Å². The van der Waals surface area contributed by atoms with Gasteiger partial charge in [0, 0.05) is 0 Å². The molecule has 0 heterocycles. The van der Waals surface area contributed by atoms with Gasteiger partial charge in [0.15, 0.2) is 0 Å². The number of nitrogens with zero attached hydrogens (tertiary/aromatic N) is 1. The van der Waals surface area contributed by atoms with Gasteiger partial charge in [-0.2, -0.15) is 0 Å². The van der Waals surface area contributed by atoms with Crippen LogP contribution in [0.3, 0.4) is 0 Å². The lowest BCUT2D eigenvalue weighted by Crippen LogP contribution is -2.48. The Morgan fingerprint density at radius 2 is 1.82 bits per heavy atom. The Morgan fingerprint density at radius 1 is 1.18 bits per heavy atom. The van der Waals surface area contributed by atoms with E-state index < -0.39 is 22.0 Å². The monoisotopic (exact) mass is 408 g/mol. The van der Waals surface area contributed by atoms with Gasteiger partial charge < -0.3 is 10.1 Å². The first-order valence-corrected chi connectivity index (χ1v) is 10.7. The number of amides is 1. The third kappa shape index (κ3) is 5.69. The number of hydrogen-bond acceptors (Lipinski definition) is 4. The molecule has 28 heavy (non-hydrogen) atoms. The second kappa shape index (κ2) is 9.05. The first-order valence-electron chi connectivity index (χ1n) is 8.82. The van der Waals surface area contributed by atoms with E-state index in [4.69, 9.17) is 4.74 Å². The molecule has 0 radical (unpaired) electrons. The summed E-state index contributed by atoms with van der Waals surface area (Å²) < 4.78 is 44.2. The Kier molecular flexibility index (Phi) is 7.01. The molecule has 152 valence electrons. The number of nitrogens with one attached hydrogen (secondary N) is 1. The molecule has 0 aliphatic rings. The maximum absolute atomic E-state index is 12.9. The fourth-order valence-corrected chi connectivity index (χ4v) is 3.98. The van der Waals surface area contributed by atoms with Crippen LogP contribution in [0.15, 0.2) is 42.5 Å². The fourth-order valence-electron chi connectivity index (χ4n) is 2.76. The summed E-state index contributed by atoms with van der Waals surface area (Å²) in [5.41, 5.74) is 2.14. The summed E-state index contributed by atoms with van der Waals surface area (Å²) in [4.78, 5) is 12.5. The summed E-state index contributed by atoms with van der Waals surface area (Å²) >= 11 is 0. The van der Waals surface area contributed by atoms with Gasteiger partial charge in [0.2, 0.25) is 15.9 Å². The van der Waals surface area contributed by atoms with Crippen molar-refractivity contribution in [2.24, 2.45) is 0 Å². The number of rotatable bonds is 8. The number of sulfonamides is 1. The normalized spacial score (nSPS) is 12.3. The minimum Gasteiger partial charge on any atom is -0.492 e. The van der Waals surface area contributed by atoms with Gasteiger partial charge in [-0.25, -0.2) is 12.8 Å². The Morgan fingerprint density at radius 3 is 2.43 bits per heavy atom. The summed E-state index contributed by atoms with van der Waals surface area (Å²) in [5.74, 6) is -0.312. The molecule has 8 heteroatoms. The molecule has 0 aliphatic carbocycles. The number of anilines is 1. The highest BCUT2D eigenvalue weighted by Gasteiger charge is 2.30. The van der Waals surface area contributed by atoms with Gasteiger partial charge in [-0.05, 0) is 62.2 Å². The Hall–Kier alpha value is -2.61. The average Bonchev–Trinajstić information content (AvgIpc) is 2.62. The molecule has 0 aromatic heterocycles. The Balaban J connectivity index is 2.03. The maximum Gasteiger partial charge on any atom is 0.243 e. The van der Waals surface area contributed by atoms with Gasteiger partial charge in [0.25, 0.3) is 0 Å². The fraction of sp³-hybridized carbons (Fsp3) is 0.350. The molecule has 0 fully saturated rings. The van der Waals surface area contributed by atoms with Crippen LogP contribution in [0, 0.1) is 19.7 Å². The minimum atomic E-state index is -3.67. The summed E-state index contributed by atoms with van der Waals surface area (Å²) in [6.45, 7) is 5.56. The third-order valence-corrected chi connectivity index (χ3v) is 5.40. The zero-order valence-electron chi connectivity index (χ0n) is 16.4. The molecule has 0 aliphatic heterocycles. The number of hydrogen-bond donors (Lipinski definition) is 1. The van der Waals surface area contributed by atoms with E-state index in [-0.39, 0.29) is 19.0 Å². The van der Waals surface area contributed by atoms with Crippen molar-refractivity contribution in [2.45, 2.75) is 26.8 Å². The predicted molar refractivity (Wildman–Crippen MR) is 108 cm³/mol. The quantitative estimate of drug-likeness (QED) is 0.682. The van der Waals surface area contributed by atoms with Gasteiger partial charge in [0.1, 0.15) is 24.2 Å². The van der Waals surface area contributed by atoms with Crippen molar-refractivity contribution in [3.05, 3.63) is 59.4 Å². The second-order valence-corrected chi connectivity index (χ2v) is 8.48. The lowest BCUT2D eigenvalue weighted by Gasteiger charge is -2.29. The highest BCUT2D eigenvalue weighted by Crippen LogP contribution is 2.26. The average molecular weight is 408 g/mol. The molecule has 0 saturated heterocycles. The topological polar surface area (TPSA) is 75.7 Å². The van der Waals surface area contributed by atoms with Crippen LogP contribution in [0.5, 0.6) is 5.75 Å². The van der Waals surface area contributed by atoms with Crippen LogP contribution in [0.4, 0.5) is 10.1 Å². The highest BCUT2D eigenvalue weighted by atomic mass is 32.2. The van der Waals surface area contributed by atoms with Crippen molar-refractivity contribution >= 4 is 21.6 Å². The molecule has 1 N–H and O–H groups in total. The molecule has 1 unspecified atom stereocenters. The van der Waals surface area contributed by atoms with Gasteiger partial charge in [-0.3, -0.25) is 9.10 Å². The predicted octanol–water partition coefficient (Wildman–Crippen LogP) is 2.79. The first-order chi connectivity index (χ1) is 13.1. The van der Waals surface area contributed by atoms with Gasteiger partial charge in [-0.15, -0.1) is 0 Å². The van der Waals surface area contributed by atoms with E-state index >= 15 is 0 Å². The standard InChI is InChI=1S/C20H25FN2O4S/c1-14-5-6-15(2)19(13-14)23(28(4,25)26)16(3)20(24)22-11-12-27-18-9-7-17(21)8-10-18/h5-10,13,16H,11-12H2,1-4H3,(H,22,24). The first kappa shape index (κ1) is 21.7. The molecular weight excluding hydrogens is 383 g/mol. The number of ether oxygens (including phenoxy) is 1. The van der Waals surface area contributed by atoms with Crippen LogP contribution < -0.4 is 14.4 Å². The molecule has 1 atom stereocenters. The molecule has 2 rings (SSSR count). The molecule has 1 amide bonds. The summed E-state index contributed by atoms with van der Waals surface area (Å²) in [7, 11) is -3.67. The zero-order valence-corrected chi connectivity index (χ0v) is 17.2. The van der Waals surface area contributed by atoms with Crippen LogP contribution in [0.25, 0.3) is 0 Å². The molecule has 0 bridgehead atoms. The smallest absolute Gasteiger partial charge is 0.243 e. The summed E-state index contributed by atoms with van der Waals surface area (Å²) in [5, 5.41) is 2.68. The van der Waals surface area contributed by atoms with Crippen LogP contribution in [-0.2, 0) is 14.8 Å². The van der Waals surface area contributed by atoms with Crippen molar-refractivity contribution in [2.75, 3.05) is 23.7 Å². The highest BCUT2D eigenvalue weighted by molar-refractivity contribution is 7.92. The Labute approximate surface area is 165 Å².